The van der Waals surface area contributed by atoms with Crippen LogP contribution in [-0.2, 0) is 4.74 Å². The number of ether oxygens (including phenoxy) is 1. The summed E-state index contributed by atoms with van der Waals surface area (Å²) in [5.74, 6) is 1.44. The monoisotopic (exact) mass is 296 g/mol. The van der Waals surface area contributed by atoms with Gasteiger partial charge in [-0.05, 0) is 31.9 Å². The molecule has 1 aromatic rings. The SMILES string of the molecule is COCC(NC(=O)NCC1(O)CCCC1)c1ccc(C)o1. The highest BCUT2D eigenvalue weighted by molar-refractivity contribution is 5.74. The topological polar surface area (TPSA) is 83.7 Å². The molecule has 0 aromatic carbocycles. The zero-order valence-corrected chi connectivity index (χ0v) is 12.6. The van der Waals surface area contributed by atoms with Crippen LogP contribution in [0.2, 0.25) is 0 Å². The number of methoxy groups -OCH3 is 1. The number of urea groups is 1. The Balaban J connectivity index is 1.86. The molecule has 1 atom stereocenters. The number of furan rings is 1. The third-order valence-electron chi connectivity index (χ3n) is 3.86. The van der Waals surface area contributed by atoms with Crippen LogP contribution in [0.1, 0.15) is 43.2 Å². The summed E-state index contributed by atoms with van der Waals surface area (Å²) in [4.78, 5) is 12.0. The van der Waals surface area contributed by atoms with Gasteiger partial charge in [0.25, 0.3) is 0 Å². The third-order valence-corrected chi connectivity index (χ3v) is 3.86. The van der Waals surface area contributed by atoms with Crippen LogP contribution in [0.3, 0.4) is 0 Å². The minimum absolute atomic E-state index is 0.274. The van der Waals surface area contributed by atoms with E-state index in [0.29, 0.717) is 12.4 Å². The van der Waals surface area contributed by atoms with E-state index in [-0.39, 0.29) is 18.6 Å². The first-order valence-electron chi connectivity index (χ1n) is 7.34. The predicted octanol–water partition coefficient (Wildman–Crippen LogP) is 1.88. The summed E-state index contributed by atoms with van der Waals surface area (Å²) in [6.07, 6.45) is 3.51. The van der Waals surface area contributed by atoms with Crippen molar-refractivity contribution in [1.29, 1.82) is 0 Å². The Hall–Kier alpha value is -1.53. The van der Waals surface area contributed by atoms with E-state index < -0.39 is 5.60 Å². The molecule has 2 rings (SSSR count). The molecule has 6 nitrogen and oxygen atoms in total. The van der Waals surface area contributed by atoms with Gasteiger partial charge in [0.15, 0.2) is 0 Å². The van der Waals surface area contributed by atoms with Crippen molar-refractivity contribution in [3.63, 3.8) is 0 Å². The van der Waals surface area contributed by atoms with Gasteiger partial charge in [-0.3, -0.25) is 0 Å². The molecular formula is C15H24N2O4. The Morgan fingerprint density at radius 2 is 2.19 bits per heavy atom. The fourth-order valence-corrected chi connectivity index (χ4v) is 2.67. The maximum absolute atomic E-state index is 12.0. The molecular weight excluding hydrogens is 272 g/mol. The van der Waals surface area contributed by atoms with Crippen molar-refractivity contribution in [3.05, 3.63) is 23.7 Å². The van der Waals surface area contributed by atoms with Crippen LogP contribution in [0.25, 0.3) is 0 Å². The number of carbonyl (C=O) groups is 1. The van der Waals surface area contributed by atoms with E-state index in [1.807, 2.05) is 19.1 Å². The molecule has 1 aromatic heterocycles. The van der Waals surface area contributed by atoms with Crippen LogP contribution >= 0.6 is 0 Å². The molecule has 2 amide bonds. The highest BCUT2D eigenvalue weighted by Crippen LogP contribution is 2.28. The largest absolute Gasteiger partial charge is 0.464 e. The van der Waals surface area contributed by atoms with Crippen LogP contribution in [0.15, 0.2) is 16.5 Å². The number of amides is 2. The Bertz CT molecular complexity index is 466. The molecule has 0 bridgehead atoms. The molecule has 1 heterocycles. The van der Waals surface area contributed by atoms with Gasteiger partial charge in [-0.25, -0.2) is 4.79 Å². The fourth-order valence-electron chi connectivity index (χ4n) is 2.67. The summed E-state index contributed by atoms with van der Waals surface area (Å²) in [6.45, 7) is 2.45. The average molecular weight is 296 g/mol. The smallest absolute Gasteiger partial charge is 0.315 e. The van der Waals surface area contributed by atoms with Gasteiger partial charge in [-0.1, -0.05) is 12.8 Å². The van der Waals surface area contributed by atoms with Crippen molar-refractivity contribution >= 4 is 6.03 Å². The average Bonchev–Trinajstić information content (AvgIpc) is 3.06. The normalized spacial score (nSPS) is 18.4. The lowest BCUT2D eigenvalue weighted by Crippen LogP contribution is -2.46. The second-order valence-corrected chi connectivity index (χ2v) is 5.71. The maximum Gasteiger partial charge on any atom is 0.315 e. The highest BCUT2D eigenvalue weighted by Gasteiger charge is 2.31. The Morgan fingerprint density at radius 3 is 2.76 bits per heavy atom. The Morgan fingerprint density at radius 1 is 1.48 bits per heavy atom. The van der Waals surface area contributed by atoms with E-state index in [9.17, 15) is 9.90 Å². The zero-order valence-electron chi connectivity index (χ0n) is 12.6. The van der Waals surface area contributed by atoms with Crippen LogP contribution < -0.4 is 10.6 Å². The summed E-state index contributed by atoms with van der Waals surface area (Å²) >= 11 is 0. The second kappa shape index (κ2) is 6.95. The zero-order chi connectivity index (χ0) is 15.3. The quantitative estimate of drug-likeness (QED) is 0.748. The lowest BCUT2D eigenvalue weighted by molar-refractivity contribution is 0.0498. The number of rotatable bonds is 6. The van der Waals surface area contributed by atoms with Gasteiger partial charge >= 0.3 is 6.03 Å². The van der Waals surface area contributed by atoms with Gasteiger partial charge in [-0.15, -0.1) is 0 Å². The van der Waals surface area contributed by atoms with Gasteiger partial charge in [-0.2, -0.15) is 0 Å². The van der Waals surface area contributed by atoms with Crippen LogP contribution in [-0.4, -0.2) is 37.0 Å². The third kappa shape index (κ3) is 4.47. The van der Waals surface area contributed by atoms with E-state index in [0.717, 1.165) is 31.4 Å². The molecule has 1 fully saturated rings. The van der Waals surface area contributed by atoms with E-state index >= 15 is 0 Å². The molecule has 1 unspecified atom stereocenters. The number of hydrogen-bond donors (Lipinski definition) is 3. The Kier molecular flexibility index (Phi) is 5.25. The molecule has 6 heteroatoms. The van der Waals surface area contributed by atoms with E-state index in [4.69, 9.17) is 9.15 Å². The van der Waals surface area contributed by atoms with Crippen molar-refractivity contribution in [3.8, 4) is 0 Å². The number of aryl methyl sites for hydroxylation is 1. The lowest BCUT2D eigenvalue weighted by Gasteiger charge is -2.23. The molecule has 0 saturated heterocycles. The van der Waals surface area contributed by atoms with Crippen molar-refractivity contribution in [2.45, 2.75) is 44.2 Å². The summed E-state index contributed by atoms with van der Waals surface area (Å²) in [7, 11) is 1.57. The molecule has 1 aliphatic rings. The summed E-state index contributed by atoms with van der Waals surface area (Å²) in [5, 5.41) is 15.8. The summed E-state index contributed by atoms with van der Waals surface area (Å²) in [6, 6.07) is 3.00. The first kappa shape index (κ1) is 15.9. The van der Waals surface area contributed by atoms with Gasteiger partial charge in [0, 0.05) is 13.7 Å². The number of hydrogen-bond acceptors (Lipinski definition) is 4. The standard InChI is InChI=1S/C15H24N2O4/c1-11-5-6-13(21-11)12(9-20-2)17-14(18)16-10-15(19)7-3-4-8-15/h5-6,12,19H,3-4,7-10H2,1-2H3,(H2,16,17,18). The minimum Gasteiger partial charge on any atom is -0.464 e. The van der Waals surface area contributed by atoms with E-state index in [1.165, 1.54) is 0 Å². The predicted molar refractivity (Wildman–Crippen MR) is 78.0 cm³/mol. The highest BCUT2D eigenvalue weighted by atomic mass is 16.5. The summed E-state index contributed by atoms with van der Waals surface area (Å²) < 4.78 is 10.6. The minimum atomic E-state index is -0.755. The van der Waals surface area contributed by atoms with Crippen molar-refractivity contribution in [2.24, 2.45) is 0 Å². The van der Waals surface area contributed by atoms with Crippen LogP contribution in [0, 0.1) is 6.92 Å². The first-order valence-corrected chi connectivity index (χ1v) is 7.34. The Labute approximate surface area is 124 Å². The fraction of sp³-hybridized carbons (Fsp3) is 0.667. The molecule has 118 valence electrons. The molecule has 3 N–H and O–H groups in total. The molecule has 0 spiro atoms. The maximum atomic E-state index is 12.0. The molecule has 1 aliphatic carbocycles. The summed E-state index contributed by atoms with van der Waals surface area (Å²) in [5.41, 5.74) is -0.755. The van der Waals surface area contributed by atoms with Crippen molar-refractivity contribution in [2.75, 3.05) is 20.3 Å². The molecule has 0 radical (unpaired) electrons. The van der Waals surface area contributed by atoms with Crippen molar-refractivity contribution in [1.82, 2.24) is 10.6 Å². The number of carbonyl (C=O) groups excluding carboxylic acids is 1. The van der Waals surface area contributed by atoms with Gasteiger partial charge in [0.05, 0.1) is 12.2 Å². The molecule has 0 aliphatic heterocycles. The van der Waals surface area contributed by atoms with Gasteiger partial charge in [0.1, 0.15) is 17.6 Å². The molecule has 21 heavy (non-hydrogen) atoms. The van der Waals surface area contributed by atoms with E-state index in [1.54, 1.807) is 7.11 Å². The van der Waals surface area contributed by atoms with Crippen molar-refractivity contribution < 1.29 is 19.1 Å². The van der Waals surface area contributed by atoms with Crippen LogP contribution in [0.4, 0.5) is 4.79 Å². The second-order valence-electron chi connectivity index (χ2n) is 5.71. The lowest BCUT2D eigenvalue weighted by atomic mass is 10.0. The van der Waals surface area contributed by atoms with Gasteiger partial charge in [0.2, 0.25) is 0 Å². The number of aliphatic hydroxyl groups is 1. The first-order chi connectivity index (χ1) is 10.0. The van der Waals surface area contributed by atoms with Crippen LogP contribution in [0.5, 0.6) is 0 Å². The van der Waals surface area contributed by atoms with E-state index in [2.05, 4.69) is 10.6 Å². The van der Waals surface area contributed by atoms with Gasteiger partial charge < -0.3 is 24.9 Å². The number of nitrogens with one attached hydrogen (secondary N) is 2. The molecule has 1 saturated carbocycles.